The van der Waals surface area contributed by atoms with Crippen LogP contribution in [0.1, 0.15) is 17.2 Å². The van der Waals surface area contributed by atoms with Gasteiger partial charge in [-0.2, -0.15) is 0 Å². The molecule has 5 nitrogen and oxygen atoms in total. The quantitative estimate of drug-likeness (QED) is 0.842. The van der Waals surface area contributed by atoms with Crippen molar-refractivity contribution >= 4 is 22.2 Å². The average Bonchev–Trinajstić information content (AvgIpc) is 2.62. The molecule has 1 heterocycles. The van der Waals surface area contributed by atoms with Crippen LogP contribution < -0.4 is 10.1 Å². The number of methoxy groups -OCH3 is 1. The molecule has 2 aromatic carbocycles. The summed E-state index contributed by atoms with van der Waals surface area (Å²) in [7, 11) is -1.46. The molecule has 1 fully saturated rings. The third-order valence-corrected chi connectivity index (χ3v) is 5.72. The number of para-hydroxylation sites is 1. The summed E-state index contributed by atoms with van der Waals surface area (Å²) in [5, 5.41) is 3.45. The molecule has 1 atom stereocenters. The maximum Gasteiger partial charge on any atom is 0.175 e. The van der Waals surface area contributed by atoms with E-state index in [1.165, 1.54) is 11.8 Å². The zero-order valence-electron chi connectivity index (χ0n) is 15.0. The topological polar surface area (TPSA) is 58.6 Å². The molecule has 1 aliphatic rings. The maximum atomic E-state index is 11.6. The Hall–Kier alpha value is -1.60. The summed E-state index contributed by atoms with van der Waals surface area (Å²) < 4.78 is 28.7. The summed E-state index contributed by atoms with van der Waals surface area (Å²) in [5.74, 6) is 0.897. The van der Waals surface area contributed by atoms with Crippen LogP contribution in [-0.2, 0) is 16.4 Å². The van der Waals surface area contributed by atoms with Gasteiger partial charge in [-0.15, -0.1) is 12.4 Å². The summed E-state index contributed by atoms with van der Waals surface area (Å²) in [6, 6.07) is 15.5. The Balaban J connectivity index is 0.00000243. The van der Waals surface area contributed by atoms with E-state index >= 15 is 0 Å². The van der Waals surface area contributed by atoms with Gasteiger partial charge in [-0.1, -0.05) is 30.3 Å². The van der Waals surface area contributed by atoms with E-state index in [1.54, 1.807) is 19.2 Å². The van der Waals surface area contributed by atoms with Crippen LogP contribution in [0.25, 0.3) is 0 Å². The fourth-order valence-electron chi connectivity index (χ4n) is 3.26. The molecule has 2 aromatic rings. The van der Waals surface area contributed by atoms with Gasteiger partial charge in [-0.3, -0.25) is 4.90 Å². The predicted octanol–water partition coefficient (Wildman–Crippen LogP) is 2.67. The number of hydrogen-bond acceptors (Lipinski definition) is 5. The van der Waals surface area contributed by atoms with Gasteiger partial charge in [0.1, 0.15) is 5.75 Å². The normalized spacial score (nSPS) is 18.2. The number of ether oxygens (including phenoxy) is 1. The summed E-state index contributed by atoms with van der Waals surface area (Å²) in [4.78, 5) is 2.77. The van der Waals surface area contributed by atoms with Crippen molar-refractivity contribution < 1.29 is 13.2 Å². The molecule has 26 heavy (non-hydrogen) atoms. The van der Waals surface area contributed by atoms with Crippen molar-refractivity contribution in [3.63, 3.8) is 0 Å². The van der Waals surface area contributed by atoms with Gasteiger partial charge in [-0.25, -0.2) is 8.42 Å². The van der Waals surface area contributed by atoms with E-state index < -0.39 is 9.84 Å². The van der Waals surface area contributed by atoms with Crippen molar-refractivity contribution in [2.75, 3.05) is 33.0 Å². The highest BCUT2D eigenvalue weighted by Crippen LogP contribution is 2.31. The molecule has 0 radical (unpaired) electrons. The zero-order valence-corrected chi connectivity index (χ0v) is 16.6. The Bertz CT molecular complexity index is 825. The highest BCUT2D eigenvalue weighted by atomic mass is 35.5. The number of nitrogens with zero attached hydrogens (tertiary/aromatic N) is 1. The summed E-state index contributed by atoms with van der Waals surface area (Å²) in [6.45, 7) is 3.50. The lowest BCUT2D eigenvalue weighted by atomic mass is 10.0. The van der Waals surface area contributed by atoms with Crippen LogP contribution in [0.5, 0.6) is 5.75 Å². The number of rotatable bonds is 5. The van der Waals surface area contributed by atoms with E-state index in [2.05, 4.69) is 16.3 Å². The molecule has 1 N–H and O–H groups in total. The SMILES string of the molecule is COc1ccccc1C1CNCCN1Cc1ccc(S(C)(=O)=O)cc1.Cl. The van der Waals surface area contributed by atoms with Crippen molar-refractivity contribution in [1.29, 1.82) is 0 Å². The third kappa shape index (κ3) is 4.76. The lowest BCUT2D eigenvalue weighted by Gasteiger charge is -2.37. The van der Waals surface area contributed by atoms with Crippen LogP contribution in [0.3, 0.4) is 0 Å². The molecule has 0 aromatic heterocycles. The van der Waals surface area contributed by atoms with Gasteiger partial charge in [0, 0.05) is 38.0 Å². The van der Waals surface area contributed by atoms with Gasteiger partial charge in [0.05, 0.1) is 18.0 Å². The first-order chi connectivity index (χ1) is 12.0. The molecule has 0 spiro atoms. The van der Waals surface area contributed by atoms with Gasteiger partial charge in [0.2, 0.25) is 0 Å². The van der Waals surface area contributed by atoms with Crippen molar-refractivity contribution in [1.82, 2.24) is 10.2 Å². The van der Waals surface area contributed by atoms with Gasteiger partial charge in [0.15, 0.2) is 9.84 Å². The van der Waals surface area contributed by atoms with Crippen molar-refractivity contribution in [3.8, 4) is 5.75 Å². The molecule has 0 bridgehead atoms. The van der Waals surface area contributed by atoms with Crippen LogP contribution >= 0.6 is 12.4 Å². The number of sulfone groups is 1. The first-order valence-electron chi connectivity index (χ1n) is 8.36. The van der Waals surface area contributed by atoms with Gasteiger partial charge in [0.25, 0.3) is 0 Å². The molecule has 7 heteroatoms. The first-order valence-corrected chi connectivity index (χ1v) is 10.2. The van der Waals surface area contributed by atoms with Crippen LogP contribution in [0.2, 0.25) is 0 Å². The Kier molecular flexibility index (Phi) is 7.06. The van der Waals surface area contributed by atoms with Crippen molar-refractivity contribution in [2.24, 2.45) is 0 Å². The maximum absolute atomic E-state index is 11.6. The highest BCUT2D eigenvalue weighted by Gasteiger charge is 2.26. The fourth-order valence-corrected chi connectivity index (χ4v) is 3.89. The molecular formula is C19H25ClN2O3S. The molecule has 142 valence electrons. The van der Waals surface area contributed by atoms with Crippen molar-refractivity contribution in [2.45, 2.75) is 17.5 Å². The largest absolute Gasteiger partial charge is 0.496 e. The lowest BCUT2D eigenvalue weighted by Crippen LogP contribution is -2.45. The van der Waals surface area contributed by atoms with E-state index in [4.69, 9.17) is 4.74 Å². The van der Waals surface area contributed by atoms with Crippen LogP contribution in [0.4, 0.5) is 0 Å². The number of benzene rings is 2. The molecule has 1 unspecified atom stereocenters. The Morgan fingerprint density at radius 3 is 2.50 bits per heavy atom. The van der Waals surface area contributed by atoms with Gasteiger partial charge < -0.3 is 10.1 Å². The number of hydrogen-bond donors (Lipinski definition) is 1. The summed E-state index contributed by atoms with van der Waals surface area (Å²) in [5.41, 5.74) is 2.28. The van der Waals surface area contributed by atoms with E-state index in [9.17, 15) is 8.42 Å². The van der Waals surface area contributed by atoms with E-state index in [-0.39, 0.29) is 18.4 Å². The predicted molar refractivity (Wildman–Crippen MR) is 106 cm³/mol. The molecule has 0 saturated carbocycles. The highest BCUT2D eigenvalue weighted by molar-refractivity contribution is 7.90. The Morgan fingerprint density at radius 1 is 1.15 bits per heavy atom. The molecule has 0 amide bonds. The number of halogens is 1. The molecule has 3 rings (SSSR count). The number of piperazine rings is 1. The minimum atomic E-state index is -3.16. The summed E-state index contributed by atoms with van der Waals surface area (Å²) in [6.07, 6.45) is 1.23. The van der Waals surface area contributed by atoms with Crippen LogP contribution in [-0.4, -0.2) is 46.3 Å². The lowest BCUT2D eigenvalue weighted by molar-refractivity contribution is 0.151. The Morgan fingerprint density at radius 2 is 1.85 bits per heavy atom. The number of nitrogens with one attached hydrogen (secondary N) is 1. The molecular weight excluding hydrogens is 372 g/mol. The molecule has 1 saturated heterocycles. The first kappa shape index (κ1) is 20.7. The minimum absolute atomic E-state index is 0. The second-order valence-electron chi connectivity index (χ2n) is 6.35. The van der Waals surface area contributed by atoms with Gasteiger partial charge in [-0.05, 0) is 23.8 Å². The van der Waals surface area contributed by atoms with Crippen LogP contribution in [0, 0.1) is 0 Å². The third-order valence-electron chi connectivity index (χ3n) is 4.59. The van der Waals surface area contributed by atoms with E-state index in [1.807, 2.05) is 30.3 Å². The van der Waals surface area contributed by atoms with E-state index in [0.717, 1.165) is 37.5 Å². The van der Waals surface area contributed by atoms with Crippen LogP contribution in [0.15, 0.2) is 53.4 Å². The zero-order chi connectivity index (χ0) is 17.9. The monoisotopic (exact) mass is 396 g/mol. The second-order valence-corrected chi connectivity index (χ2v) is 8.36. The van der Waals surface area contributed by atoms with Gasteiger partial charge >= 0.3 is 0 Å². The molecule has 1 aliphatic heterocycles. The second kappa shape index (κ2) is 8.86. The Labute approximate surface area is 161 Å². The standard InChI is InChI=1S/C19H24N2O3S.ClH/c1-24-19-6-4-3-5-17(19)18-13-20-11-12-21(18)14-15-7-9-16(10-8-15)25(2,22)23;/h3-10,18,20H,11-14H2,1-2H3;1H. The summed E-state index contributed by atoms with van der Waals surface area (Å²) >= 11 is 0. The molecule has 0 aliphatic carbocycles. The fraction of sp³-hybridized carbons (Fsp3) is 0.368. The van der Waals surface area contributed by atoms with Crippen molar-refractivity contribution in [3.05, 3.63) is 59.7 Å². The minimum Gasteiger partial charge on any atom is -0.496 e. The van der Waals surface area contributed by atoms with E-state index in [0.29, 0.717) is 4.90 Å². The smallest absolute Gasteiger partial charge is 0.175 e. The average molecular weight is 397 g/mol.